The van der Waals surface area contributed by atoms with Crippen LogP contribution in [0.15, 0.2) is 23.4 Å². The fourth-order valence-corrected chi connectivity index (χ4v) is 3.61. The van der Waals surface area contributed by atoms with Crippen molar-refractivity contribution in [3.63, 3.8) is 0 Å². The normalized spacial score (nSPS) is 10.9. The standard InChI is InChI=1S/C18H23Cl2N5O2S/c1-4-7-21-17(27)22-15(26)10-28-18-24-23-16(25(18)9-11(2)3)13-6-5-12(19)8-14(13)20/h5-6,8,11H,4,7,9-10H2,1-3H3,(H2,21,22,26,27). The summed E-state index contributed by atoms with van der Waals surface area (Å²) in [6, 6.07) is 4.70. The number of nitrogens with one attached hydrogen (secondary N) is 2. The van der Waals surface area contributed by atoms with E-state index in [-0.39, 0.29) is 5.75 Å². The third-order valence-corrected chi connectivity index (χ3v) is 5.07. The molecule has 0 saturated carbocycles. The van der Waals surface area contributed by atoms with E-state index in [0.717, 1.165) is 12.0 Å². The van der Waals surface area contributed by atoms with Gasteiger partial charge in [-0.3, -0.25) is 10.1 Å². The van der Waals surface area contributed by atoms with Crippen molar-refractivity contribution in [2.75, 3.05) is 12.3 Å². The number of hydrogen-bond donors (Lipinski definition) is 2. The fraction of sp³-hybridized carbons (Fsp3) is 0.444. The predicted octanol–water partition coefficient (Wildman–Crippen LogP) is 4.24. The Hall–Kier alpha value is -1.77. The van der Waals surface area contributed by atoms with Crippen LogP contribution in [0.1, 0.15) is 27.2 Å². The maximum Gasteiger partial charge on any atom is 0.321 e. The van der Waals surface area contributed by atoms with Crippen LogP contribution >= 0.6 is 35.0 Å². The van der Waals surface area contributed by atoms with Crippen LogP contribution in [0.4, 0.5) is 4.79 Å². The number of carbonyl (C=O) groups is 2. The number of aromatic nitrogens is 3. The molecule has 3 amide bonds. The van der Waals surface area contributed by atoms with Crippen LogP contribution in [-0.4, -0.2) is 39.0 Å². The van der Waals surface area contributed by atoms with Crippen molar-refractivity contribution in [1.29, 1.82) is 0 Å². The van der Waals surface area contributed by atoms with Crippen molar-refractivity contribution >= 4 is 46.9 Å². The minimum atomic E-state index is -0.496. The number of amides is 3. The first kappa shape index (κ1) is 22.5. The van der Waals surface area contributed by atoms with Crippen molar-refractivity contribution in [2.45, 2.75) is 38.9 Å². The van der Waals surface area contributed by atoms with Crippen molar-refractivity contribution in [1.82, 2.24) is 25.4 Å². The third kappa shape index (κ3) is 6.39. The number of urea groups is 1. The lowest BCUT2D eigenvalue weighted by Gasteiger charge is -2.13. The van der Waals surface area contributed by atoms with Gasteiger partial charge in [-0.1, -0.05) is 55.7 Å². The molecular formula is C18H23Cl2N5O2S. The summed E-state index contributed by atoms with van der Waals surface area (Å²) in [5.74, 6) is 0.584. The van der Waals surface area contributed by atoms with Gasteiger partial charge in [0.25, 0.3) is 0 Å². The highest BCUT2D eigenvalue weighted by Crippen LogP contribution is 2.31. The first-order valence-corrected chi connectivity index (χ1v) is 10.6. The minimum Gasteiger partial charge on any atom is -0.338 e. The quantitative estimate of drug-likeness (QED) is 0.595. The number of imide groups is 1. The summed E-state index contributed by atoms with van der Waals surface area (Å²) < 4.78 is 1.93. The highest BCUT2D eigenvalue weighted by Gasteiger charge is 2.19. The van der Waals surface area contributed by atoms with E-state index in [1.807, 2.05) is 11.5 Å². The van der Waals surface area contributed by atoms with E-state index >= 15 is 0 Å². The molecular weight excluding hydrogens is 421 g/mol. The van der Waals surface area contributed by atoms with Crippen LogP contribution in [0, 0.1) is 5.92 Å². The molecule has 0 aliphatic heterocycles. The topological polar surface area (TPSA) is 88.9 Å². The second-order valence-corrected chi connectivity index (χ2v) is 8.31. The van der Waals surface area contributed by atoms with Crippen LogP contribution in [-0.2, 0) is 11.3 Å². The zero-order valence-electron chi connectivity index (χ0n) is 16.0. The summed E-state index contributed by atoms with van der Waals surface area (Å²) in [5.41, 5.74) is 0.717. The molecule has 2 rings (SSSR count). The molecule has 0 atom stereocenters. The Labute approximate surface area is 178 Å². The maximum absolute atomic E-state index is 12.0. The average Bonchev–Trinajstić information content (AvgIpc) is 3.00. The van der Waals surface area contributed by atoms with Crippen LogP contribution in [0.25, 0.3) is 11.4 Å². The number of rotatable bonds is 8. The fourth-order valence-electron chi connectivity index (χ4n) is 2.37. The Morgan fingerprint density at radius 1 is 1.25 bits per heavy atom. The molecule has 0 saturated heterocycles. The molecule has 10 heteroatoms. The van der Waals surface area contributed by atoms with Crippen molar-refractivity contribution < 1.29 is 9.59 Å². The van der Waals surface area contributed by atoms with E-state index in [0.29, 0.717) is 40.0 Å². The van der Waals surface area contributed by atoms with Gasteiger partial charge in [0.15, 0.2) is 11.0 Å². The zero-order valence-corrected chi connectivity index (χ0v) is 18.3. The summed E-state index contributed by atoms with van der Waals surface area (Å²) >= 11 is 13.5. The van der Waals surface area contributed by atoms with Crippen LogP contribution in [0.2, 0.25) is 10.0 Å². The first-order valence-electron chi connectivity index (χ1n) is 8.90. The molecule has 152 valence electrons. The van der Waals surface area contributed by atoms with E-state index in [9.17, 15) is 9.59 Å². The Balaban J connectivity index is 2.15. The van der Waals surface area contributed by atoms with E-state index in [2.05, 4.69) is 34.7 Å². The van der Waals surface area contributed by atoms with Gasteiger partial charge in [-0.2, -0.15) is 0 Å². The summed E-state index contributed by atoms with van der Waals surface area (Å²) in [4.78, 5) is 23.6. The number of benzene rings is 1. The summed E-state index contributed by atoms with van der Waals surface area (Å²) in [6.45, 7) is 7.26. The minimum absolute atomic E-state index is 0.0458. The van der Waals surface area contributed by atoms with Gasteiger partial charge in [-0.25, -0.2) is 4.79 Å². The van der Waals surface area contributed by atoms with Gasteiger partial charge in [0.1, 0.15) is 0 Å². The molecule has 1 heterocycles. The van der Waals surface area contributed by atoms with Gasteiger partial charge in [0.05, 0.1) is 10.8 Å². The molecule has 1 aromatic heterocycles. The van der Waals surface area contributed by atoms with Gasteiger partial charge in [-0.15, -0.1) is 10.2 Å². The van der Waals surface area contributed by atoms with Crippen LogP contribution < -0.4 is 10.6 Å². The summed E-state index contributed by atoms with van der Waals surface area (Å²) in [5, 5.41) is 15.0. The van der Waals surface area contributed by atoms with Gasteiger partial charge >= 0.3 is 6.03 Å². The van der Waals surface area contributed by atoms with E-state index in [4.69, 9.17) is 23.2 Å². The van der Waals surface area contributed by atoms with Gasteiger partial charge in [0, 0.05) is 23.7 Å². The molecule has 1 aromatic carbocycles. The SMILES string of the molecule is CCCNC(=O)NC(=O)CSc1nnc(-c2ccc(Cl)cc2Cl)n1CC(C)C. The molecule has 0 aliphatic rings. The molecule has 28 heavy (non-hydrogen) atoms. The number of thioether (sulfide) groups is 1. The largest absolute Gasteiger partial charge is 0.338 e. The van der Waals surface area contributed by atoms with Crippen molar-refractivity contribution in [3.05, 3.63) is 28.2 Å². The predicted molar refractivity (Wildman–Crippen MR) is 113 cm³/mol. The Morgan fingerprint density at radius 3 is 2.64 bits per heavy atom. The molecule has 0 bridgehead atoms. The molecule has 2 aromatic rings. The lowest BCUT2D eigenvalue weighted by molar-refractivity contribution is -0.117. The van der Waals surface area contributed by atoms with Gasteiger partial charge in [-0.05, 0) is 30.5 Å². The average molecular weight is 444 g/mol. The first-order chi connectivity index (χ1) is 13.3. The van der Waals surface area contributed by atoms with Crippen LogP contribution in [0.3, 0.4) is 0 Å². The second-order valence-electron chi connectivity index (χ2n) is 6.53. The monoisotopic (exact) mass is 443 g/mol. The highest BCUT2D eigenvalue weighted by atomic mass is 35.5. The third-order valence-electron chi connectivity index (χ3n) is 3.56. The molecule has 0 spiro atoms. The molecule has 0 unspecified atom stereocenters. The zero-order chi connectivity index (χ0) is 20.7. The van der Waals surface area contributed by atoms with E-state index < -0.39 is 11.9 Å². The summed E-state index contributed by atoms with van der Waals surface area (Å²) in [6.07, 6.45) is 0.796. The number of hydrogen-bond acceptors (Lipinski definition) is 5. The summed E-state index contributed by atoms with van der Waals surface area (Å²) in [7, 11) is 0. The maximum atomic E-state index is 12.0. The number of carbonyl (C=O) groups excluding carboxylic acids is 2. The molecule has 0 radical (unpaired) electrons. The van der Waals surface area contributed by atoms with Crippen molar-refractivity contribution in [2.24, 2.45) is 5.92 Å². The number of nitrogens with zero attached hydrogens (tertiary/aromatic N) is 3. The van der Waals surface area contributed by atoms with Crippen molar-refractivity contribution in [3.8, 4) is 11.4 Å². The Kier molecular flexibility index (Phi) is 8.59. The number of halogens is 2. The molecule has 0 aliphatic carbocycles. The molecule has 2 N–H and O–H groups in total. The van der Waals surface area contributed by atoms with Gasteiger partial charge in [0.2, 0.25) is 5.91 Å². The smallest absolute Gasteiger partial charge is 0.321 e. The van der Waals surface area contributed by atoms with E-state index in [1.165, 1.54) is 11.8 Å². The molecule has 7 nitrogen and oxygen atoms in total. The van der Waals surface area contributed by atoms with Gasteiger partial charge < -0.3 is 9.88 Å². The van der Waals surface area contributed by atoms with Crippen LogP contribution in [0.5, 0.6) is 0 Å². The highest BCUT2D eigenvalue weighted by molar-refractivity contribution is 7.99. The Bertz CT molecular complexity index is 841. The lowest BCUT2D eigenvalue weighted by atomic mass is 10.2. The second kappa shape index (κ2) is 10.7. The lowest BCUT2D eigenvalue weighted by Crippen LogP contribution is -2.40. The molecule has 0 fully saturated rings. The van der Waals surface area contributed by atoms with E-state index in [1.54, 1.807) is 18.2 Å². The Morgan fingerprint density at radius 2 is 2.00 bits per heavy atom.